The molecule has 2 heterocycles. The molecule has 0 aliphatic carbocycles. The lowest BCUT2D eigenvalue weighted by Gasteiger charge is -2.36. The molecule has 12 heavy (non-hydrogen) atoms. The van der Waals surface area contributed by atoms with Gasteiger partial charge < -0.3 is 4.74 Å². The fourth-order valence-corrected chi connectivity index (χ4v) is 2.14. The number of halogens is 1. The highest BCUT2D eigenvalue weighted by Gasteiger charge is 2.47. The van der Waals surface area contributed by atoms with E-state index in [9.17, 15) is 4.39 Å². The van der Waals surface area contributed by atoms with Crippen LogP contribution >= 0.6 is 0 Å². The Morgan fingerprint density at radius 3 is 2.92 bits per heavy atom. The highest BCUT2D eigenvalue weighted by atomic mass is 19.2. The Balaban J connectivity index is 2.06. The fourth-order valence-electron chi connectivity index (χ4n) is 2.14. The first kappa shape index (κ1) is 8.45. The molecule has 3 heteroatoms. The second-order valence-electron chi connectivity index (χ2n) is 4.29. The molecule has 70 valence electrons. The van der Waals surface area contributed by atoms with Gasteiger partial charge in [-0.05, 0) is 13.8 Å². The van der Waals surface area contributed by atoms with Crippen LogP contribution in [0.5, 0.6) is 0 Å². The number of nitrogens with zero attached hydrogens (tertiary/aromatic N) is 1. The van der Waals surface area contributed by atoms with Crippen molar-refractivity contribution in [3.8, 4) is 0 Å². The number of hydrogen-bond acceptors (Lipinski definition) is 2. The van der Waals surface area contributed by atoms with Gasteiger partial charge in [0.05, 0.1) is 13.2 Å². The van der Waals surface area contributed by atoms with Crippen LogP contribution in [0.4, 0.5) is 4.39 Å². The lowest BCUT2D eigenvalue weighted by molar-refractivity contribution is -0.126. The minimum absolute atomic E-state index is 0.422. The number of hydrogen-bond donors (Lipinski definition) is 0. The zero-order valence-corrected chi connectivity index (χ0v) is 7.72. The number of likely N-dealkylation sites (tertiary alicyclic amines) is 1. The van der Waals surface area contributed by atoms with Gasteiger partial charge in [-0.1, -0.05) is 0 Å². The first-order chi connectivity index (χ1) is 5.59. The van der Waals surface area contributed by atoms with E-state index in [1.165, 1.54) is 0 Å². The van der Waals surface area contributed by atoms with Gasteiger partial charge in [0.25, 0.3) is 0 Å². The SMILES string of the molecule is CC(C)N1C[C@@H]2COC(F)(C2)C1. The van der Waals surface area contributed by atoms with Gasteiger partial charge in [0.1, 0.15) is 0 Å². The molecule has 0 radical (unpaired) electrons. The third-order valence-electron chi connectivity index (χ3n) is 2.83. The Morgan fingerprint density at radius 1 is 1.58 bits per heavy atom. The first-order valence-corrected chi connectivity index (χ1v) is 4.66. The van der Waals surface area contributed by atoms with Gasteiger partial charge in [-0.15, -0.1) is 0 Å². The van der Waals surface area contributed by atoms with Gasteiger partial charge in [-0.2, -0.15) is 0 Å². The molecule has 2 saturated heterocycles. The molecule has 2 atom stereocenters. The summed E-state index contributed by atoms with van der Waals surface area (Å²) in [7, 11) is 0. The van der Waals surface area contributed by atoms with Crippen LogP contribution in [-0.4, -0.2) is 36.5 Å². The van der Waals surface area contributed by atoms with E-state index in [1.807, 2.05) is 0 Å². The summed E-state index contributed by atoms with van der Waals surface area (Å²) in [5.74, 6) is -0.904. The third-order valence-corrected chi connectivity index (χ3v) is 2.83. The van der Waals surface area contributed by atoms with Crippen molar-refractivity contribution < 1.29 is 9.13 Å². The lowest BCUT2D eigenvalue weighted by Crippen LogP contribution is -2.47. The number of piperidine rings is 1. The zero-order valence-electron chi connectivity index (χ0n) is 7.72. The Bertz CT molecular complexity index is 185. The average molecular weight is 173 g/mol. The van der Waals surface area contributed by atoms with Crippen LogP contribution in [0.1, 0.15) is 20.3 Å². The van der Waals surface area contributed by atoms with E-state index < -0.39 is 5.85 Å². The van der Waals surface area contributed by atoms with Crippen molar-refractivity contribution in [2.75, 3.05) is 19.7 Å². The van der Waals surface area contributed by atoms with Gasteiger partial charge in [0, 0.05) is 24.9 Å². The number of ether oxygens (including phenoxy) is 1. The summed E-state index contributed by atoms with van der Waals surface area (Å²) < 4.78 is 18.8. The van der Waals surface area contributed by atoms with Crippen LogP contribution in [0.25, 0.3) is 0 Å². The molecule has 2 aliphatic rings. The molecule has 0 aromatic rings. The molecule has 0 saturated carbocycles. The number of alkyl halides is 1. The van der Waals surface area contributed by atoms with Gasteiger partial charge in [0.2, 0.25) is 5.85 Å². The standard InChI is InChI=1S/C9H16FNO/c1-7(2)11-4-8-3-9(10,6-11)12-5-8/h7-8H,3-6H2,1-2H3/t8-,9?/m1/s1. The summed E-state index contributed by atoms with van der Waals surface area (Å²) in [5.41, 5.74) is 0. The molecule has 1 unspecified atom stereocenters. The van der Waals surface area contributed by atoms with Crippen molar-refractivity contribution in [3.63, 3.8) is 0 Å². The Labute approximate surface area is 72.7 Å². The monoisotopic (exact) mass is 173 g/mol. The van der Waals surface area contributed by atoms with Gasteiger partial charge in [-0.25, -0.2) is 4.39 Å². The van der Waals surface area contributed by atoms with Crippen molar-refractivity contribution in [1.82, 2.24) is 4.90 Å². The molecule has 0 spiro atoms. The third kappa shape index (κ3) is 1.36. The van der Waals surface area contributed by atoms with E-state index >= 15 is 0 Å². The van der Waals surface area contributed by atoms with Gasteiger partial charge in [-0.3, -0.25) is 4.90 Å². The topological polar surface area (TPSA) is 12.5 Å². The predicted molar refractivity (Wildman–Crippen MR) is 44.6 cm³/mol. The van der Waals surface area contributed by atoms with E-state index in [-0.39, 0.29) is 0 Å². The van der Waals surface area contributed by atoms with Crippen molar-refractivity contribution in [2.45, 2.75) is 32.2 Å². The first-order valence-electron chi connectivity index (χ1n) is 4.66. The zero-order chi connectivity index (χ0) is 8.77. The minimum atomic E-state index is -1.33. The fraction of sp³-hybridized carbons (Fsp3) is 1.00. The number of rotatable bonds is 1. The molecular formula is C9H16FNO. The molecule has 2 nitrogen and oxygen atoms in total. The quantitative estimate of drug-likeness (QED) is 0.594. The van der Waals surface area contributed by atoms with E-state index in [4.69, 9.17) is 4.74 Å². The minimum Gasteiger partial charge on any atom is -0.344 e. The van der Waals surface area contributed by atoms with Crippen molar-refractivity contribution >= 4 is 0 Å². The molecule has 2 rings (SSSR count). The largest absolute Gasteiger partial charge is 0.344 e. The van der Waals surface area contributed by atoms with Gasteiger partial charge in [0.15, 0.2) is 0 Å². The van der Waals surface area contributed by atoms with Crippen LogP contribution in [0.15, 0.2) is 0 Å². The lowest BCUT2D eigenvalue weighted by atomic mass is 9.97. The highest BCUT2D eigenvalue weighted by Crippen LogP contribution is 2.37. The average Bonchev–Trinajstić information content (AvgIpc) is 2.25. The molecular weight excluding hydrogens is 157 g/mol. The van der Waals surface area contributed by atoms with E-state index in [0.717, 1.165) is 6.54 Å². The molecule has 0 N–H and O–H groups in total. The maximum absolute atomic E-state index is 13.7. The summed E-state index contributed by atoms with van der Waals surface area (Å²) in [6.07, 6.45) is 0.607. The molecule has 0 amide bonds. The summed E-state index contributed by atoms with van der Waals surface area (Å²) in [5, 5.41) is 0. The van der Waals surface area contributed by atoms with Crippen LogP contribution in [0, 0.1) is 5.92 Å². The molecule has 0 aromatic carbocycles. The normalized spacial score (nSPS) is 42.5. The molecule has 2 aliphatic heterocycles. The van der Waals surface area contributed by atoms with Crippen molar-refractivity contribution in [1.29, 1.82) is 0 Å². The maximum atomic E-state index is 13.7. The van der Waals surface area contributed by atoms with Crippen LogP contribution in [0.2, 0.25) is 0 Å². The summed E-state index contributed by atoms with van der Waals surface area (Å²) >= 11 is 0. The van der Waals surface area contributed by atoms with Crippen LogP contribution in [0.3, 0.4) is 0 Å². The van der Waals surface area contributed by atoms with E-state index in [0.29, 0.717) is 31.5 Å². The maximum Gasteiger partial charge on any atom is 0.222 e. The van der Waals surface area contributed by atoms with E-state index in [1.54, 1.807) is 0 Å². The van der Waals surface area contributed by atoms with Crippen molar-refractivity contribution in [3.05, 3.63) is 0 Å². The Morgan fingerprint density at radius 2 is 2.33 bits per heavy atom. The van der Waals surface area contributed by atoms with Crippen molar-refractivity contribution in [2.24, 2.45) is 5.92 Å². The smallest absolute Gasteiger partial charge is 0.222 e. The summed E-state index contributed by atoms with van der Waals surface area (Å²) in [6.45, 7) is 6.28. The number of fused-ring (bicyclic) bond motifs is 2. The second kappa shape index (κ2) is 2.67. The Hall–Kier alpha value is -0.150. The second-order valence-corrected chi connectivity index (χ2v) is 4.29. The molecule has 2 fully saturated rings. The van der Waals surface area contributed by atoms with Gasteiger partial charge >= 0.3 is 0 Å². The summed E-state index contributed by atoms with van der Waals surface area (Å²) in [6, 6.07) is 0.435. The van der Waals surface area contributed by atoms with E-state index in [2.05, 4.69) is 18.7 Å². The molecule has 0 aromatic heterocycles. The Kier molecular flexibility index (Phi) is 1.88. The van der Waals surface area contributed by atoms with Crippen LogP contribution in [-0.2, 0) is 4.74 Å². The molecule has 2 bridgehead atoms. The summed E-state index contributed by atoms with van der Waals surface area (Å²) in [4.78, 5) is 2.17. The van der Waals surface area contributed by atoms with Crippen LogP contribution < -0.4 is 0 Å². The highest BCUT2D eigenvalue weighted by molar-refractivity contribution is 4.91. The predicted octanol–water partition coefficient (Wildman–Crippen LogP) is 1.41.